The van der Waals surface area contributed by atoms with Gasteiger partial charge in [-0.3, -0.25) is 0 Å². The minimum atomic E-state index is 0.822. The van der Waals surface area contributed by atoms with Crippen LogP contribution in [0.5, 0.6) is 5.75 Å². The number of hydrogen-bond donors (Lipinski definition) is 3. The van der Waals surface area contributed by atoms with Crippen molar-refractivity contribution in [3.63, 3.8) is 0 Å². The van der Waals surface area contributed by atoms with Gasteiger partial charge in [-0.1, -0.05) is 36.4 Å². The molecule has 5 aromatic rings. The predicted octanol–water partition coefficient (Wildman–Crippen LogP) is 4.13. The molecule has 188 valence electrons. The van der Waals surface area contributed by atoms with E-state index in [1.165, 1.54) is 21.9 Å². The minimum Gasteiger partial charge on any atom is -0.494 e. The number of para-hydroxylation sites is 2. The van der Waals surface area contributed by atoms with Crippen LogP contribution in [0.1, 0.15) is 17.0 Å². The van der Waals surface area contributed by atoms with Crippen molar-refractivity contribution in [2.45, 2.75) is 13.8 Å². The number of nitrogens with one attached hydrogen (secondary N) is 3. The smallest absolute Gasteiger partial charge is 0.144 e. The molecule has 0 amide bonds. The summed E-state index contributed by atoms with van der Waals surface area (Å²) in [4.78, 5) is 15.6. The maximum Gasteiger partial charge on any atom is 0.144 e. The fraction of sp³-hybridized carbons (Fsp3) is 0.226. The Kier molecular flexibility index (Phi) is 6.01. The van der Waals surface area contributed by atoms with Crippen LogP contribution in [0.15, 0.2) is 66.7 Å². The first kappa shape index (κ1) is 23.1. The van der Waals surface area contributed by atoms with Crippen molar-refractivity contribution >= 4 is 28.9 Å². The number of H-pyrrole nitrogens is 3. The molecule has 0 saturated carbocycles. The normalized spacial score (nSPS) is 16.2. The number of ether oxygens (including phenoxy) is 1. The van der Waals surface area contributed by atoms with E-state index in [9.17, 15) is 0 Å². The zero-order chi connectivity index (χ0) is 25.4. The van der Waals surface area contributed by atoms with E-state index in [1.54, 1.807) is 7.11 Å². The maximum absolute atomic E-state index is 5.77. The van der Waals surface area contributed by atoms with Crippen molar-refractivity contribution in [2.24, 2.45) is 0 Å². The van der Waals surface area contributed by atoms with Gasteiger partial charge in [0.2, 0.25) is 0 Å². The van der Waals surface area contributed by atoms with E-state index in [4.69, 9.17) is 4.74 Å². The molecule has 1 aliphatic rings. The summed E-state index contributed by atoms with van der Waals surface area (Å²) in [5, 5.41) is 5.45. The molecule has 4 heterocycles. The molecule has 0 unspecified atom stereocenters. The largest absolute Gasteiger partial charge is 0.494 e. The number of fused-ring (bicyclic) bond motifs is 1. The van der Waals surface area contributed by atoms with Crippen molar-refractivity contribution in [3.05, 3.63) is 105 Å². The topological polar surface area (TPSA) is 63.1 Å². The van der Waals surface area contributed by atoms with Gasteiger partial charge >= 0.3 is 0 Å². The van der Waals surface area contributed by atoms with Gasteiger partial charge < -0.3 is 29.5 Å². The number of aromatic nitrogens is 3. The second-order valence-corrected chi connectivity index (χ2v) is 9.81. The van der Waals surface area contributed by atoms with Gasteiger partial charge in [0, 0.05) is 71.6 Å². The fourth-order valence-electron chi connectivity index (χ4n) is 5.35. The molecule has 0 atom stereocenters. The van der Waals surface area contributed by atoms with Gasteiger partial charge in [-0.15, -0.1) is 0 Å². The van der Waals surface area contributed by atoms with Gasteiger partial charge in [0.1, 0.15) is 5.75 Å². The van der Waals surface area contributed by atoms with E-state index in [1.807, 2.05) is 0 Å². The summed E-state index contributed by atoms with van der Waals surface area (Å²) < 4.78 is 5.77. The van der Waals surface area contributed by atoms with E-state index in [0.29, 0.717) is 0 Å². The summed E-state index contributed by atoms with van der Waals surface area (Å²) in [6.07, 6.45) is 4.45. The summed E-state index contributed by atoms with van der Waals surface area (Å²) >= 11 is 0. The highest BCUT2D eigenvalue weighted by molar-refractivity contribution is 5.80. The Labute approximate surface area is 216 Å². The zero-order valence-corrected chi connectivity index (χ0v) is 21.6. The van der Waals surface area contributed by atoms with E-state index >= 15 is 0 Å². The third-order valence-corrected chi connectivity index (χ3v) is 7.27. The van der Waals surface area contributed by atoms with Gasteiger partial charge in [-0.05, 0) is 49.8 Å². The lowest BCUT2D eigenvalue weighted by Crippen LogP contribution is -2.44. The molecule has 6 rings (SSSR count). The van der Waals surface area contributed by atoms with Crippen LogP contribution in [0.3, 0.4) is 0 Å². The van der Waals surface area contributed by atoms with Crippen LogP contribution >= 0.6 is 0 Å². The first-order valence-electron chi connectivity index (χ1n) is 12.9. The second-order valence-electron chi connectivity index (χ2n) is 9.81. The summed E-state index contributed by atoms with van der Waals surface area (Å²) in [6, 6.07) is 23.5. The monoisotopic (exact) mass is 491 g/mol. The predicted molar refractivity (Wildman–Crippen MR) is 151 cm³/mol. The Morgan fingerprint density at radius 2 is 1.59 bits per heavy atom. The number of aryl methyl sites for hydroxylation is 2. The molecular formula is C31H33N5O. The van der Waals surface area contributed by atoms with Crippen LogP contribution in [0.4, 0.5) is 5.69 Å². The van der Waals surface area contributed by atoms with Crippen LogP contribution in [-0.4, -0.2) is 53.1 Å². The highest BCUT2D eigenvalue weighted by Gasteiger charge is 2.15. The summed E-state index contributed by atoms with van der Waals surface area (Å²) in [7, 11) is 1.72. The average Bonchev–Trinajstić information content (AvgIpc) is 3.60. The number of anilines is 1. The molecule has 0 radical (unpaired) electrons. The number of piperazine rings is 1. The second kappa shape index (κ2) is 9.62. The number of aromatic amines is 3. The van der Waals surface area contributed by atoms with Crippen LogP contribution in [-0.2, 0) is 0 Å². The van der Waals surface area contributed by atoms with E-state index < -0.39 is 0 Å². The minimum absolute atomic E-state index is 0.822. The zero-order valence-electron chi connectivity index (χ0n) is 21.6. The van der Waals surface area contributed by atoms with Crippen LogP contribution in [0.2, 0.25) is 0 Å². The number of benzene rings is 2. The molecule has 37 heavy (non-hydrogen) atoms. The molecule has 1 fully saturated rings. The molecule has 6 nitrogen and oxygen atoms in total. The van der Waals surface area contributed by atoms with E-state index in [2.05, 4.69) is 118 Å². The van der Waals surface area contributed by atoms with Gasteiger partial charge in [-0.2, -0.15) is 0 Å². The van der Waals surface area contributed by atoms with Crippen molar-refractivity contribution in [3.8, 4) is 5.75 Å². The SMILES string of the molecule is COc1c/c(=c2/[nH]c3ccccc3c2=CN2CCN(c3ccccc3)CC2)[nH]c1=Cc1[nH]c(C)cc1C. The summed E-state index contributed by atoms with van der Waals surface area (Å²) in [5.74, 6) is 0.822. The van der Waals surface area contributed by atoms with Crippen molar-refractivity contribution in [1.29, 1.82) is 0 Å². The number of nitrogens with zero attached hydrogens (tertiary/aromatic N) is 2. The molecule has 6 heteroatoms. The molecule has 0 spiro atoms. The van der Waals surface area contributed by atoms with Crippen LogP contribution in [0, 0.1) is 24.5 Å². The van der Waals surface area contributed by atoms with Gasteiger partial charge in [0.25, 0.3) is 0 Å². The maximum atomic E-state index is 5.77. The molecule has 2 aromatic carbocycles. The average molecular weight is 492 g/mol. The summed E-state index contributed by atoms with van der Waals surface area (Å²) in [6.45, 7) is 8.16. The van der Waals surface area contributed by atoms with Gasteiger partial charge in [-0.25, -0.2) is 0 Å². The van der Waals surface area contributed by atoms with Crippen LogP contribution in [0.25, 0.3) is 23.2 Å². The highest BCUT2D eigenvalue weighted by atomic mass is 16.5. The van der Waals surface area contributed by atoms with Crippen molar-refractivity contribution < 1.29 is 4.74 Å². The molecule has 3 aromatic heterocycles. The molecule has 0 bridgehead atoms. The molecular weight excluding hydrogens is 458 g/mol. The molecule has 1 aliphatic heterocycles. The first-order valence-corrected chi connectivity index (χ1v) is 12.9. The Bertz CT molecular complexity index is 1750. The Morgan fingerprint density at radius 1 is 0.838 bits per heavy atom. The van der Waals surface area contributed by atoms with Crippen molar-refractivity contribution in [2.75, 3.05) is 38.2 Å². The quantitative estimate of drug-likeness (QED) is 0.354. The number of hydrogen-bond acceptors (Lipinski definition) is 3. The first-order chi connectivity index (χ1) is 18.1. The third kappa shape index (κ3) is 4.51. The lowest BCUT2D eigenvalue weighted by Gasteiger charge is -2.35. The van der Waals surface area contributed by atoms with E-state index in [0.717, 1.165) is 64.9 Å². The fourth-order valence-corrected chi connectivity index (χ4v) is 5.35. The lowest BCUT2D eigenvalue weighted by atomic mass is 10.2. The van der Waals surface area contributed by atoms with Gasteiger partial charge in [0.05, 0.1) is 23.2 Å². The number of rotatable bonds is 4. The van der Waals surface area contributed by atoms with E-state index in [-0.39, 0.29) is 0 Å². The number of methoxy groups -OCH3 is 1. The van der Waals surface area contributed by atoms with Crippen LogP contribution < -0.4 is 20.2 Å². The molecule has 1 saturated heterocycles. The Balaban J connectivity index is 1.46. The Morgan fingerprint density at radius 3 is 2.32 bits per heavy atom. The summed E-state index contributed by atoms with van der Waals surface area (Å²) in [5.41, 5.74) is 5.87. The third-order valence-electron chi connectivity index (χ3n) is 7.27. The standard InChI is InChI=1S/C31H33N5O/c1-21-17-22(2)32-27(21)18-28-30(37-3)19-29(33-28)31-25(24-11-7-8-12-26(24)34-31)20-35-13-15-36(16-14-35)23-9-5-4-6-10-23/h4-12,17-20,32-34H,13-16H2,1-3H3/b25-20?,28-18?,31-29-. The lowest BCUT2D eigenvalue weighted by molar-refractivity contribution is 0.379. The molecule has 3 N–H and O–H groups in total. The molecule has 0 aliphatic carbocycles. The Hall–Kier alpha value is -4.32. The van der Waals surface area contributed by atoms with Gasteiger partial charge in [0.15, 0.2) is 0 Å². The van der Waals surface area contributed by atoms with Crippen molar-refractivity contribution in [1.82, 2.24) is 19.9 Å². The highest BCUT2D eigenvalue weighted by Crippen LogP contribution is 2.16.